The van der Waals surface area contributed by atoms with Crippen molar-refractivity contribution in [3.63, 3.8) is 0 Å². The monoisotopic (exact) mass is 361 g/mol. The molecule has 102 valence electrons. The molecule has 0 radical (unpaired) electrons. The van der Waals surface area contributed by atoms with Crippen molar-refractivity contribution < 1.29 is 9.47 Å². The first-order chi connectivity index (χ1) is 9.06. The lowest BCUT2D eigenvalue weighted by molar-refractivity contribution is 0.397. The van der Waals surface area contributed by atoms with Gasteiger partial charge in [0.15, 0.2) is 0 Å². The van der Waals surface area contributed by atoms with Crippen LogP contribution in [0.25, 0.3) is 0 Å². The predicted molar refractivity (Wildman–Crippen MR) is 82.6 cm³/mol. The Kier molecular flexibility index (Phi) is 4.73. The number of hydrogen-bond donors (Lipinski definition) is 1. The van der Waals surface area contributed by atoms with Crippen molar-refractivity contribution in [2.75, 3.05) is 14.2 Å². The van der Waals surface area contributed by atoms with Crippen LogP contribution in [0.2, 0.25) is 4.34 Å². The number of methoxy groups -OCH3 is 2. The first-order valence-corrected chi connectivity index (χ1v) is 7.47. The van der Waals surface area contributed by atoms with E-state index in [2.05, 4.69) is 15.9 Å². The Hall–Kier alpha value is -0.750. The fourth-order valence-electron chi connectivity index (χ4n) is 1.75. The summed E-state index contributed by atoms with van der Waals surface area (Å²) in [6.07, 6.45) is 0. The Morgan fingerprint density at radius 1 is 1.26 bits per heavy atom. The van der Waals surface area contributed by atoms with Crippen LogP contribution in [0.5, 0.6) is 11.5 Å². The molecule has 1 unspecified atom stereocenters. The number of halogens is 2. The molecule has 1 heterocycles. The molecule has 6 heteroatoms. The van der Waals surface area contributed by atoms with Crippen molar-refractivity contribution in [2.45, 2.75) is 6.04 Å². The van der Waals surface area contributed by atoms with E-state index in [0.717, 1.165) is 26.4 Å². The van der Waals surface area contributed by atoms with Gasteiger partial charge in [0, 0.05) is 14.9 Å². The van der Waals surface area contributed by atoms with Crippen LogP contribution in [-0.2, 0) is 0 Å². The van der Waals surface area contributed by atoms with Gasteiger partial charge in [0.25, 0.3) is 0 Å². The number of rotatable bonds is 4. The van der Waals surface area contributed by atoms with Crippen molar-refractivity contribution in [1.82, 2.24) is 0 Å². The number of thiophene rings is 1. The molecule has 3 nitrogen and oxygen atoms in total. The predicted octanol–water partition coefficient (Wildman–Crippen LogP) is 4.23. The number of ether oxygens (including phenoxy) is 2. The van der Waals surface area contributed by atoms with Crippen molar-refractivity contribution in [2.24, 2.45) is 5.73 Å². The standard InChI is InChI=1S/C13H13BrClNO2S/c1-17-7-3-4-10(18-2)8(5-7)12(16)11-6-9(14)13(15)19-11/h3-6,12H,16H2,1-2H3. The van der Waals surface area contributed by atoms with Crippen LogP contribution in [0.1, 0.15) is 16.5 Å². The van der Waals surface area contributed by atoms with Gasteiger partial charge in [-0.3, -0.25) is 0 Å². The van der Waals surface area contributed by atoms with E-state index in [0.29, 0.717) is 4.34 Å². The molecular weight excluding hydrogens is 350 g/mol. The van der Waals surface area contributed by atoms with Gasteiger partial charge in [-0.2, -0.15) is 0 Å². The molecule has 0 amide bonds. The van der Waals surface area contributed by atoms with Crippen molar-refractivity contribution in [1.29, 1.82) is 0 Å². The lowest BCUT2D eigenvalue weighted by Gasteiger charge is -2.15. The molecule has 0 aliphatic carbocycles. The summed E-state index contributed by atoms with van der Waals surface area (Å²) in [5.41, 5.74) is 7.16. The number of benzene rings is 1. The second-order valence-corrected chi connectivity index (χ2v) is 6.40. The maximum atomic E-state index is 6.29. The summed E-state index contributed by atoms with van der Waals surface area (Å²) in [6, 6.07) is 7.19. The van der Waals surface area contributed by atoms with Crippen LogP contribution >= 0.6 is 38.9 Å². The molecule has 2 rings (SSSR count). The number of hydrogen-bond acceptors (Lipinski definition) is 4. The second-order valence-electron chi connectivity index (χ2n) is 3.86. The molecule has 1 aromatic heterocycles. The molecule has 0 spiro atoms. The van der Waals surface area contributed by atoms with E-state index in [4.69, 9.17) is 26.8 Å². The zero-order chi connectivity index (χ0) is 14.0. The Morgan fingerprint density at radius 2 is 2.00 bits per heavy atom. The van der Waals surface area contributed by atoms with Crippen LogP contribution in [-0.4, -0.2) is 14.2 Å². The Bertz CT molecular complexity index is 569. The Balaban J connectivity index is 2.44. The average molecular weight is 363 g/mol. The maximum absolute atomic E-state index is 6.29. The summed E-state index contributed by atoms with van der Waals surface area (Å²) in [7, 11) is 3.24. The van der Waals surface area contributed by atoms with E-state index in [1.54, 1.807) is 14.2 Å². The fourth-order valence-corrected chi connectivity index (χ4v) is 3.51. The highest BCUT2D eigenvalue weighted by atomic mass is 79.9. The molecule has 0 bridgehead atoms. The quantitative estimate of drug-likeness (QED) is 0.885. The lowest BCUT2D eigenvalue weighted by Crippen LogP contribution is -2.11. The van der Waals surface area contributed by atoms with Crippen molar-refractivity contribution in [3.05, 3.63) is 43.5 Å². The molecule has 0 saturated heterocycles. The zero-order valence-corrected chi connectivity index (χ0v) is 13.6. The van der Waals surface area contributed by atoms with Crippen LogP contribution in [0.3, 0.4) is 0 Å². The van der Waals surface area contributed by atoms with Crippen LogP contribution < -0.4 is 15.2 Å². The van der Waals surface area contributed by atoms with E-state index < -0.39 is 0 Å². The van der Waals surface area contributed by atoms with Crippen LogP contribution in [0, 0.1) is 0 Å². The lowest BCUT2D eigenvalue weighted by atomic mass is 10.0. The summed E-state index contributed by atoms with van der Waals surface area (Å²) in [6.45, 7) is 0. The molecule has 0 aliphatic heterocycles. The highest BCUT2D eigenvalue weighted by Crippen LogP contribution is 2.39. The van der Waals surface area contributed by atoms with Gasteiger partial charge in [-0.15, -0.1) is 11.3 Å². The molecule has 2 N–H and O–H groups in total. The normalized spacial score (nSPS) is 12.3. The second kappa shape index (κ2) is 6.13. The smallest absolute Gasteiger partial charge is 0.124 e. The topological polar surface area (TPSA) is 44.5 Å². The molecule has 2 aromatic rings. The van der Waals surface area contributed by atoms with Crippen molar-refractivity contribution in [3.8, 4) is 11.5 Å². The molecule has 1 aromatic carbocycles. The molecule has 0 fully saturated rings. The summed E-state index contributed by atoms with van der Waals surface area (Å²) >= 11 is 10.9. The average Bonchev–Trinajstić information content (AvgIpc) is 2.77. The molecular formula is C13H13BrClNO2S. The maximum Gasteiger partial charge on any atom is 0.124 e. The van der Waals surface area contributed by atoms with Gasteiger partial charge >= 0.3 is 0 Å². The van der Waals surface area contributed by atoms with Gasteiger partial charge in [-0.1, -0.05) is 11.6 Å². The first kappa shape index (κ1) is 14.7. The van der Waals surface area contributed by atoms with Gasteiger partial charge in [0.1, 0.15) is 15.8 Å². The van der Waals surface area contributed by atoms with E-state index in [1.165, 1.54) is 11.3 Å². The molecule has 19 heavy (non-hydrogen) atoms. The SMILES string of the molecule is COc1ccc(OC)c(C(N)c2cc(Br)c(Cl)s2)c1. The highest BCUT2D eigenvalue weighted by molar-refractivity contribution is 9.10. The highest BCUT2D eigenvalue weighted by Gasteiger charge is 2.18. The molecule has 1 atom stereocenters. The fraction of sp³-hybridized carbons (Fsp3) is 0.231. The van der Waals surface area contributed by atoms with Crippen molar-refractivity contribution >= 4 is 38.9 Å². The minimum atomic E-state index is -0.307. The largest absolute Gasteiger partial charge is 0.497 e. The Morgan fingerprint density at radius 3 is 2.53 bits per heavy atom. The summed E-state index contributed by atoms with van der Waals surface area (Å²) in [5, 5.41) is 0. The minimum Gasteiger partial charge on any atom is -0.497 e. The summed E-state index contributed by atoms with van der Waals surface area (Å²) in [4.78, 5) is 0.962. The minimum absolute atomic E-state index is 0.307. The van der Waals surface area contributed by atoms with E-state index >= 15 is 0 Å². The Labute approximate surface area is 129 Å². The first-order valence-electron chi connectivity index (χ1n) is 5.49. The van der Waals surface area contributed by atoms with E-state index in [1.807, 2.05) is 24.3 Å². The van der Waals surface area contributed by atoms with Gasteiger partial charge in [0.05, 0.1) is 20.3 Å². The van der Waals surface area contributed by atoms with E-state index in [9.17, 15) is 0 Å². The van der Waals surface area contributed by atoms with Gasteiger partial charge in [-0.05, 0) is 40.2 Å². The van der Waals surface area contributed by atoms with Gasteiger partial charge in [-0.25, -0.2) is 0 Å². The molecule has 0 aliphatic rings. The third-order valence-electron chi connectivity index (χ3n) is 2.74. The summed E-state index contributed by atoms with van der Waals surface area (Å²) < 4.78 is 12.1. The third kappa shape index (κ3) is 3.05. The van der Waals surface area contributed by atoms with Crippen LogP contribution in [0.4, 0.5) is 0 Å². The summed E-state index contributed by atoms with van der Waals surface area (Å²) in [5.74, 6) is 1.47. The zero-order valence-electron chi connectivity index (χ0n) is 10.4. The van der Waals surface area contributed by atoms with Gasteiger partial charge < -0.3 is 15.2 Å². The van der Waals surface area contributed by atoms with Crippen LogP contribution in [0.15, 0.2) is 28.7 Å². The third-order valence-corrected chi connectivity index (χ3v) is 5.30. The van der Waals surface area contributed by atoms with Gasteiger partial charge in [0.2, 0.25) is 0 Å². The molecule has 0 saturated carbocycles. The number of nitrogens with two attached hydrogens (primary N) is 1. The van der Waals surface area contributed by atoms with E-state index in [-0.39, 0.29) is 6.04 Å².